The van der Waals surface area contributed by atoms with Crippen molar-refractivity contribution in [1.29, 1.82) is 0 Å². The van der Waals surface area contributed by atoms with Crippen LogP contribution in [0.5, 0.6) is 5.75 Å². The standard InChI is InChI=1S/C53H67N9O10S.C34H50N4O9S.C14H24N2O7/c1-6-37-50(68)61-23-11-14-38(61)51(69)59(5)40(26-32-16-18-36(19-17-32)58(3)4)52(70)62-28-35(30-73-43-29-60-24-20-33(43)21-25-60)42(64)27-39(62)47(65)57-45(34-12-8-7-9-13-34)53(71)72-31(2)44(48(66)55-37)56-49(67)46-41(63)15-10-22-54-46;1-7-37(8-2)16-17-48(44,45)28-13-15-38-31(28)34(43)47-32(22(3)4)24(6)11-12-29(41)35-14-9-10-23(5)18-25(39)19-26(40)20-30-36-27(21-46-30)33(38)42;1-5-4-6(17)14(20)13(21-5)22-12-10(19)7(15-2)9(18)8(16-3)11(12)23-14/h7-10,12-13,15-19,22,31,33,35,37-40,43-45,63H,6,11,14,20-21,23-30H2,1-5H3,(H,55,66)(H,56,67)(H,57,65);9-12,18,21-22,24-25,28,31-32,39H,7-8,13-17,19-20H2,1-6H3,(H,35,41);5,7-13,15-16,18-20H,4H2,1-3H3/b;10-9+,12-11+,23-18+;/t31-,35+,37+,38+,39+,40+,43?,44+,45+;24-,25-,28-,31-,32-;5?,7-,8+,9+,10+,11-,12-,13+,14+/m111/s1. The second-order valence-corrected chi connectivity index (χ2v) is 42.8. The lowest BCUT2D eigenvalue weighted by molar-refractivity contribution is -0.420. The number of esters is 2. The van der Waals surface area contributed by atoms with Gasteiger partial charge in [0.05, 0.1) is 47.8 Å². The molecule has 11 N–H and O–H groups in total. The number of sulfone groups is 1. The number of hydrogen-bond donors (Lipinski definition) is 11. The number of allylic oxidation sites excluding steroid dienone is 2. The first-order valence-corrected chi connectivity index (χ1v) is 52.5. The van der Waals surface area contributed by atoms with Gasteiger partial charge in [0.2, 0.25) is 47.6 Å². The Kier molecular flexibility index (Phi) is 38.9. The summed E-state index contributed by atoms with van der Waals surface area (Å²) in [5.41, 5.74) is 1.99. The number of aromatic nitrogens is 2. The molecule has 10 aliphatic heterocycles. The van der Waals surface area contributed by atoms with E-state index in [1.807, 2.05) is 75.9 Å². The highest BCUT2D eigenvalue weighted by Crippen LogP contribution is 2.43. The molecular weight excluding hydrogens is 1900 g/mol. The number of aliphatic hydroxyl groups is 4. The lowest BCUT2D eigenvalue weighted by Crippen LogP contribution is -2.77. The van der Waals surface area contributed by atoms with E-state index in [9.17, 15) is 81.9 Å². The number of pyridine rings is 1. The summed E-state index contributed by atoms with van der Waals surface area (Å²) >= 11 is 1.73. The molecule has 2 aromatic carbocycles. The van der Waals surface area contributed by atoms with Gasteiger partial charge in [0, 0.05) is 121 Å². The lowest BCUT2D eigenvalue weighted by atomic mass is 9.80. The van der Waals surface area contributed by atoms with Crippen molar-refractivity contribution < 1.29 is 124 Å². The van der Waals surface area contributed by atoms with E-state index in [-0.39, 0.29) is 130 Å². The number of oxazole rings is 1. The third-order valence-electron chi connectivity index (χ3n) is 28.7. The molecule has 4 bridgehead atoms. The van der Waals surface area contributed by atoms with Crippen LogP contribution >= 0.6 is 11.8 Å². The quantitative estimate of drug-likeness (QED) is 0.0595. The third-order valence-corrected chi connectivity index (χ3v) is 32.5. The number of ether oxygens (including phenoxy) is 5. The molecule has 2 unspecified atom stereocenters. The number of anilines is 1. The van der Waals surface area contributed by atoms with Gasteiger partial charge in [0.15, 0.2) is 33.1 Å². The van der Waals surface area contributed by atoms with Crippen LogP contribution in [0, 0.1) is 23.7 Å². The summed E-state index contributed by atoms with van der Waals surface area (Å²) in [4.78, 5) is 203. The molecule has 10 fully saturated rings. The molecule has 11 aliphatic rings. The number of amides is 8. The zero-order valence-corrected chi connectivity index (χ0v) is 85.8. The zero-order chi connectivity index (χ0) is 105. The Morgan fingerprint density at radius 3 is 2.11 bits per heavy atom. The number of thioether (sulfide) groups is 1. The molecule has 788 valence electrons. The van der Waals surface area contributed by atoms with Gasteiger partial charge in [-0.3, -0.25) is 52.7 Å². The van der Waals surface area contributed by atoms with E-state index in [4.69, 9.17) is 28.1 Å². The van der Waals surface area contributed by atoms with E-state index in [1.165, 1.54) is 59.2 Å². The number of likely N-dealkylation sites (N-methyl/N-ethyl adjacent to an activating group) is 3. The summed E-state index contributed by atoms with van der Waals surface area (Å²) in [7, 11) is 4.70. The zero-order valence-electron chi connectivity index (χ0n) is 84.2. The van der Waals surface area contributed by atoms with Crippen LogP contribution < -0.4 is 36.8 Å². The number of benzene rings is 2. The number of nitrogens with zero attached hydrogens (tertiary/aromatic N) is 9. The van der Waals surface area contributed by atoms with Crippen LogP contribution in [-0.2, 0) is 99.1 Å². The number of Topliss-reactive ketones (excluding diaryl/α,β-unsaturated/α-hetero) is 3. The molecule has 41 nitrogen and oxygen atoms in total. The first-order chi connectivity index (χ1) is 68.5. The average molecular weight is 2050 g/mol. The van der Waals surface area contributed by atoms with Gasteiger partial charge in [-0.05, 0) is 153 Å². The molecule has 1 saturated carbocycles. The lowest BCUT2D eigenvalue weighted by Gasteiger charge is -2.55. The van der Waals surface area contributed by atoms with Gasteiger partial charge in [-0.2, -0.15) is 11.8 Å². The van der Waals surface area contributed by atoms with E-state index in [0.29, 0.717) is 42.0 Å². The van der Waals surface area contributed by atoms with Crippen LogP contribution in [0.2, 0.25) is 0 Å². The Labute approximate surface area is 843 Å². The molecule has 12 heterocycles. The summed E-state index contributed by atoms with van der Waals surface area (Å²) in [6, 6.07) is 7.51. The topological polar surface area (TPSA) is 537 Å². The van der Waals surface area contributed by atoms with Gasteiger partial charge in [-0.1, -0.05) is 114 Å². The van der Waals surface area contributed by atoms with Gasteiger partial charge in [0.25, 0.3) is 17.6 Å². The molecule has 4 aromatic rings. The van der Waals surface area contributed by atoms with Crippen LogP contribution in [0.1, 0.15) is 164 Å². The molecule has 144 heavy (non-hydrogen) atoms. The van der Waals surface area contributed by atoms with Crippen LogP contribution in [0.3, 0.4) is 0 Å². The number of nitrogens with one attached hydrogen (secondary N) is 6. The van der Waals surface area contributed by atoms with Crippen molar-refractivity contribution in [3.63, 3.8) is 0 Å². The Hall–Kier alpha value is -10.8. The maximum absolute atomic E-state index is 15.7. The first-order valence-electron chi connectivity index (χ1n) is 49.7. The SMILES string of the molecule is CCN(CC)CCS(=O)(=O)[C@@H]1CCN2C(=O)c3coc(n3)CC(=O)C[C@H](O)/C=C(C)/C=C/CNC(=O)/C=C/[C@@H](C)[C@@H](C(C)C)OC(=O)[C@@H]12.CC[C@@H]1NC(=O)[C@@H](NC(=O)c2ncccc2O)[C@@H](C)OC(=O)[C@H](c2ccccc2)NC(=O)[C@@H]2CC(=O)[C@H](CSC3CN4CCC3CC4)CN2C(=O)[C@H](Cc2ccc(N(C)C)cc2)N(C)C(=O)[C@@H]2CCCN2C1=O.CN[C@@H]1[C@H](O)[C@H](NC)[C@H]2O[C@@]3(O)C(=O)CC(C)O[C@H]3O[C@@H]2[C@H]1O. The van der Waals surface area contributed by atoms with Crippen LogP contribution in [0.15, 0.2) is 120 Å². The largest absolute Gasteiger partial charge is 0.505 e. The van der Waals surface area contributed by atoms with Crippen molar-refractivity contribution in [2.45, 2.75) is 259 Å². The summed E-state index contributed by atoms with van der Waals surface area (Å²) < 4.78 is 61.7. The van der Waals surface area contributed by atoms with Crippen molar-refractivity contribution in [3.05, 3.63) is 144 Å². The molecule has 43 heteroatoms. The Morgan fingerprint density at radius 2 is 1.46 bits per heavy atom. The smallest absolute Gasteiger partial charge is 0.333 e. The van der Waals surface area contributed by atoms with E-state index >= 15 is 14.4 Å². The molecule has 1 aliphatic carbocycles. The number of cyclic esters (lactones) is 2. The Morgan fingerprint density at radius 1 is 0.750 bits per heavy atom. The van der Waals surface area contributed by atoms with Gasteiger partial charge >= 0.3 is 11.9 Å². The predicted molar refractivity (Wildman–Crippen MR) is 528 cm³/mol. The number of carbonyl (C=O) groups excluding carboxylic acids is 13. The minimum atomic E-state index is -3.87. The van der Waals surface area contributed by atoms with Crippen LogP contribution in [0.4, 0.5) is 5.69 Å². The highest BCUT2D eigenvalue weighted by molar-refractivity contribution is 8.00. The van der Waals surface area contributed by atoms with Crippen molar-refractivity contribution in [1.82, 2.24) is 71.3 Å². The third kappa shape index (κ3) is 26.8. The maximum atomic E-state index is 15.7. The number of aliphatic hydroxyl groups excluding tert-OH is 3. The van der Waals surface area contributed by atoms with Gasteiger partial charge < -0.3 is 120 Å². The van der Waals surface area contributed by atoms with Crippen molar-refractivity contribution in [2.75, 3.05) is 117 Å². The van der Waals surface area contributed by atoms with E-state index in [1.54, 1.807) is 102 Å². The van der Waals surface area contributed by atoms with E-state index in [0.717, 1.165) is 54.9 Å². The molecule has 8 amide bonds. The van der Waals surface area contributed by atoms with Crippen molar-refractivity contribution >= 4 is 104 Å². The highest BCUT2D eigenvalue weighted by Gasteiger charge is 2.64. The number of fused-ring (bicyclic) bond motifs is 10. The summed E-state index contributed by atoms with van der Waals surface area (Å²) in [6.45, 7) is 20.7. The number of hydrogen-bond acceptors (Lipinski definition) is 34. The monoisotopic (exact) mass is 2040 g/mol. The van der Waals surface area contributed by atoms with Crippen LogP contribution in [0.25, 0.3) is 0 Å². The number of piperidine rings is 4. The molecule has 15 rings (SSSR count). The number of rotatable bonds is 19. The summed E-state index contributed by atoms with van der Waals surface area (Å²) in [5, 5.41) is 68.0. The van der Waals surface area contributed by atoms with Gasteiger partial charge in [0.1, 0.15) is 90.4 Å². The fourth-order valence-corrected chi connectivity index (χ4v) is 24.0. The van der Waals surface area contributed by atoms with E-state index in [2.05, 4.69) is 46.8 Å². The highest BCUT2D eigenvalue weighted by atomic mass is 32.2. The molecule has 9 saturated heterocycles. The number of carbonyl (C=O) groups is 13. The maximum Gasteiger partial charge on any atom is 0.333 e. The van der Waals surface area contributed by atoms with Crippen molar-refractivity contribution in [3.8, 4) is 5.75 Å². The number of ketones is 3. The molecule has 0 radical (unpaired) electrons. The average Bonchev–Trinajstić information content (AvgIpc) is 0.739. The fraction of sp³-hybridized carbons (Fsp3) is 0.614. The van der Waals surface area contributed by atoms with E-state index < -0.39 is 213 Å². The molecular formula is C101H141N15O26S2. The second-order valence-electron chi connectivity index (χ2n) is 39.2. The fourth-order valence-electron chi connectivity index (χ4n) is 20.4. The number of aromatic hydroxyl groups is 1. The van der Waals surface area contributed by atoms with Crippen molar-refractivity contribution in [2.24, 2.45) is 23.7 Å². The Bertz CT molecular complexity index is 5430. The van der Waals surface area contributed by atoms with Gasteiger partial charge in [-0.25, -0.2) is 28.0 Å². The summed E-state index contributed by atoms with van der Waals surface area (Å²) in [5.74, 6) is -11.8. The second kappa shape index (κ2) is 50.1. The Balaban J connectivity index is 0.000000221. The molecule has 23 atom stereocenters. The molecule has 0 spiro atoms. The molecule has 2 aromatic heterocycles. The minimum absolute atomic E-state index is 0.00220. The first kappa shape index (κ1) is 112. The van der Waals surface area contributed by atoms with Gasteiger partial charge in [-0.15, -0.1) is 0 Å². The predicted octanol–water partition coefficient (Wildman–Crippen LogP) is 1.67. The van der Waals surface area contributed by atoms with Crippen LogP contribution in [-0.4, -0.2) is 382 Å². The minimum Gasteiger partial charge on any atom is -0.505 e. The summed E-state index contributed by atoms with van der Waals surface area (Å²) in [6.07, 6.45) is 3.51. The normalized spacial score (nSPS) is 32.9.